The Labute approximate surface area is 102 Å². The molecular weight excluding hydrogens is 216 g/mol. The van der Waals surface area contributed by atoms with Gasteiger partial charge in [-0.05, 0) is 38.6 Å². The number of carbonyl (C=O) groups is 1. The molecule has 0 fully saturated rings. The van der Waals surface area contributed by atoms with Crippen molar-refractivity contribution in [1.29, 1.82) is 0 Å². The van der Waals surface area contributed by atoms with Crippen molar-refractivity contribution in [3.05, 3.63) is 29.8 Å². The minimum atomic E-state index is -0.486. The number of hydrogen-bond donors (Lipinski definition) is 2. The van der Waals surface area contributed by atoms with E-state index in [1.807, 2.05) is 31.3 Å². The molecule has 4 nitrogen and oxygen atoms in total. The molecule has 0 aromatic heterocycles. The molecule has 0 heterocycles. The summed E-state index contributed by atoms with van der Waals surface area (Å²) in [5.74, 6) is 0.581. The number of rotatable bonds is 5. The van der Waals surface area contributed by atoms with Crippen LogP contribution in [0.1, 0.15) is 25.5 Å². The molecule has 2 unspecified atom stereocenters. The van der Waals surface area contributed by atoms with Gasteiger partial charge in [0.15, 0.2) is 6.10 Å². The molecule has 0 aliphatic heterocycles. The summed E-state index contributed by atoms with van der Waals surface area (Å²) < 4.78 is 5.56. The lowest BCUT2D eigenvalue weighted by Crippen LogP contribution is -2.33. The fraction of sp³-hybridized carbons (Fsp3) is 0.462. The summed E-state index contributed by atoms with van der Waals surface area (Å²) in [5.41, 5.74) is 1.13. The van der Waals surface area contributed by atoms with Crippen LogP contribution < -0.4 is 15.4 Å². The summed E-state index contributed by atoms with van der Waals surface area (Å²) in [6.07, 6.45) is -0.486. The van der Waals surface area contributed by atoms with Gasteiger partial charge in [0.25, 0.3) is 5.91 Å². The van der Waals surface area contributed by atoms with E-state index in [4.69, 9.17) is 4.74 Å². The predicted octanol–water partition coefficient (Wildman–Crippen LogP) is 1.48. The largest absolute Gasteiger partial charge is 0.481 e. The van der Waals surface area contributed by atoms with E-state index in [9.17, 15) is 4.79 Å². The topological polar surface area (TPSA) is 50.4 Å². The Morgan fingerprint density at radius 2 is 2.00 bits per heavy atom. The molecule has 0 bridgehead atoms. The van der Waals surface area contributed by atoms with Crippen LogP contribution >= 0.6 is 0 Å². The van der Waals surface area contributed by atoms with Crippen molar-refractivity contribution >= 4 is 5.91 Å². The number of hydrogen-bond acceptors (Lipinski definition) is 3. The Morgan fingerprint density at radius 1 is 1.29 bits per heavy atom. The second-order valence-electron chi connectivity index (χ2n) is 3.96. The van der Waals surface area contributed by atoms with E-state index in [0.717, 1.165) is 5.56 Å². The molecule has 0 saturated heterocycles. The lowest BCUT2D eigenvalue weighted by atomic mass is 10.1. The van der Waals surface area contributed by atoms with E-state index >= 15 is 0 Å². The second kappa shape index (κ2) is 6.25. The standard InChI is InChI=1S/C13H20N2O2/c1-9(14-3)11-6-5-7-12(8-11)17-10(2)13(16)15-4/h5-10,14H,1-4H3,(H,15,16). The van der Waals surface area contributed by atoms with Gasteiger partial charge in [-0.2, -0.15) is 0 Å². The summed E-state index contributed by atoms with van der Waals surface area (Å²) in [6, 6.07) is 8.01. The van der Waals surface area contributed by atoms with Gasteiger partial charge in [-0.1, -0.05) is 12.1 Å². The summed E-state index contributed by atoms with van der Waals surface area (Å²) in [4.78, 5) is 11.3. The van der Waals surface area contributed by atoms with Gasteiger partial charge in [-0.15, -0.1) is 0 Å². The van der Waals surface area contributed by atoms with Crippen LogP contribution in [0.4, 0.5) is 0 Å². The highest BCUT2D eigenvalue weighted by Crippen LogP contribution is 2.19. The van der Waals surface area contributed by atoms with E-state index in [1.54, 1.807) is 14.0 Å². The second-order valence-corrected chi connectivity index (χ2v) is 3.96. The van der Waals surface area contributed by atoms with Crippen LogP contribution in [0.5, 0.6) is 5.75 Å². The molecule has 0 saturated carbocycles. The molecule has 0 aliphatic carbocycles. The zero-order valence-electron chi connectivity index (χ0n) is 10.8. The maximum absolute atomic E-state index is 11.3. The Hall–Kier alpha value is -1.55. The summed E-state index contributed by atoms with van der Waals surface area (Å²) in [7, 11) is 3.51. The van der Waals surface area contributed by atoms with Crippen molar-refractivity contribution in [2.75, 3.05) is 14.1 Å². The highest BCUT2D eigenvalue weighted by atomic mass is 16.5. The Bertz CT molecular complexity index is 379. The highest BCUT2D eigenvalue weighted by molar-refractivity contribution is 5.80. The third-order valence-electron chi connectivity index (χ3n) is 2.72. The molecule has 2 N–H and O–H groups in total. The van der Waals surface area contributed by atoms with E-state index in [-0.39, 0.29) is 11.9 Å². The minimum Gasteiger partial charge on any atom is -0.481 e. The van der Waals surface area contributed by atoms with Crippen LogP contribution in [0.3, 0.4) is 0 Å². The fourth-order valence-electron chi connectivity index (χ4n) is 1.48. The number of benzene rings is 1. The number of nitrogens with one attached hydrogen (secondary N) is 2. The first kappa shape index (κ1) is 13.5. The molecule has 0 radical (unpaired) electrons. The summed E-state index contributed by atoms with van der Waals surface area (Å²) in [6.45, 7) is 3.80. The van der Waals surface area contributed by atoms with Gasteiger partial charge in [-0.3, -0.25) is 4.79 Å². The van der Waals surface area contributed by atoms with Crippen molar-refractivity contribution in [3.8, 4) is 5.75 Å². The lowest BCUT2D eigenvalue weighted by Gasteiger charge is -2.16. The normalized spacial score (nSPS) is 13.9. The van der Waals surface area contributed by atoms with Crippen molar-refractivity contribution in [2.24, 2.45) is 0 Å². The molecule has 1 amide bonds. The molecule has 4 heteroatoms. The molecule has 1 aromatic carbocycles. The Morgan fingerprint density at radius 3 is 2.59 bits per heavy atom. The van der Waals surface area contributed by atoms with Crippen LogP contribution in [-0.2, 0) is 4.79 Å². The molecule has 0 spiro atoms. The van der Waals surface area contributed by atoms with E-state index in [1.165, 1.54) is 0 Å². The number of amides is 1. The Kier molecular flexibility index (Phi) is 4.97. The van der Waals surface area contributed by atoms with E-state index in [0.29, 0.717) is 5.75 Å². The summed E-state index contributed by atoms with van der Waals surface area (Å²) in [5, 5.41) is 5.72. The van der Waals surface area contributed by atoms with Crippen LogP contribution in [0, 0.1) is 0 Å². The summed E-state index contributed by atoms with van der Waals surface area (Å²) >= 11 is 0. The third kappa shape index (κ3) is 3.75. The first-order chi connectivity index (χ1) is 8.08. The zero-order chi connectivity index (χ0) is 12.8. The maximum Gasteiger partial charge on any atom is 0.260 e. The van der Waals surface area contributed by atoms with Crippen LogP contribution in [-0.4, -0.2) is 26.1 Å². The van der Waals surface area contributed by atoms with E-state index < -0.39 is 6.10 Å². The van der Waals surface area contributed by atoms with Crippen LogP contribution in [0.15, 0.2) is 24.3 Å². The van der Waals surface area contributed by atoms with Crippen molar-refractivity contribution in [1.82, 2.24) is 10.6 Å². The van der Waals surface area contributed by atoms with Crippen LogP contribution in [0.2, 0.25) is 0 Å². The van der Waals surface area contributed by atoms with Gasteiger partial charge in [0.2, 0.25) is 0 Å². The Balaban J connectivity index is 2.75. The number of likely N-dealkylation sites (N-methyl/N-ethyl adjacent to an activating group) is 1. The van der Waals surface area contributed by atoms with Gasteiger partial charge in [0.1, 0.15) is 5.75 Å². The number of carbonyl (C=O) groups excluding carboxylic acids is 1. The SMILES string of the molecule is CNC(=O)C(C)Oc1cccc(C(C)NC)c1. The molecule has 0 aliphatic rings. The molecule has 2 atom stereocenters. The zero-order valence-corrected chi connectivity index (χ0v) is 10.8. The lowest BCUT2D eigenvalue weighted by molar-refractivity contribution is -0.126. The minimum absolute atomic E-state index is 0.128. The molecule has 1 rings (SSSR count). The van der Waals surface area contributed by atoms with E-state index in [2.05, 4.69) is 17.6 Å². The first-order valence-electron chi connectivity index (χ1n) is 5.74. The van der Waals surface area contributed by atoms with Crippen molar-refractivity contribution in [2.45, 2.75) is 26.0 Å². The van der Waals surface area contributed by atoms with Crippen molar-refractivity contribution < 1.29 is 9.53 Å². The van der Waals surface area contributed by atoms with Gasteiger partial charge in [0, 0.05) is 13.1 Å². The van der Waals surface area contributed by atoms with Crippen LogP contribution in [0.25, 0.3) is 0 Å². The third-order valence-corrected chi connectivity index (χ3v) is 2.72. The monoisotopic (exact) mass is 236 g/mol. The van der Waals surface area contributed by atoms with Gasteiger partial charge in [-0.25, -0.2) is 0 Å². The molecule has 1 aromatic rings. The van der Waals surface area contributed by atoms with Crippen molar-refractivity contribution in [3.63, 3.8) is 0 Å². The van der Waals surface area contributed by atoms with Gasteiger partial charge < -0.3 is 15.4 Å². The quantitative estimate of drug-likeness (QED) is 0.814. The molecular formula is C13H20N2O2. The fourth-order valence-corrected chi connectivity index (χ4v) is 1.48. The first-order valence-corrected chi connectivity index (χ1v) is 5.74. The molecule has 94 valence electrons. The van der Waals surface area contributed by atoms with Gasteiger partial charge >= 0.3 is 0 Å². The smallest absolute Gasteiger partial charge is 0.260 e. The highest BCUT2D eigenvalue weighted by Gasteiger charge is 2.13. The maximum atomic E-state index is 11.3. The number of ether oxygens (including phenoxy) is 1. The average molecular weight is 236 g/mol. The average Bonchev–Trinajstić information content (AvgIpc) is 2.37. The van der Waals surface area contributed by atoms with Gasteiger partial charge in [0.05, 0.1) is 0 Å². The predicted molar refractivity (Wildman–Crippen MR) is 68.1 cm³/mol. The molecule has 17 heavy (non-hydrogen) atoms.